The second-order valence-electron chi connectivity index (χ2n) is 8.35. The third-order valence-electron chi connectivity index (χ3n) is 7.17. The molecule has 0 aromatic rings. The molecule has 4 aliphatic carbocycles. The van der Waals surface area contributed by atoms with Gasteiger partial charge in [0.05, 0.1) is 0 Å². The molecule has 0 nitrogen and oxygen atoms in total. The lowest BCUT2D eigenvalue weighted by Gasteiger charge is -2.28. The van der Waals surface area contributed by atoms with Crippen molar-refractivity contribution < 1.29 is 0 Å². The van der Waals surface area contributed by atoms with Crippen molar-refractivity contribution in [3.05, 3.63) is 48.6 Å². The van der Waals surface area contributed by atoms with Gasteiger partial charge in [-0.2, -0.15) is 0 Å². The molecule has 0 amide bonds. The van der Waals surface area contributed by atoms with Crippen LogP contribution in [0.1, 0.15) is 39.5 Å². The van der Waals surface area contributed by atoms with Gasteiger partial charge in [-0.3, -0.25) is 0 Å². The number of allylic oxidation sites excluding steroid dienone is 8. The summed E-state index contributed by atoms with van der Waals surface area (Å²) >= 11 is 0. The van der Waals surface area contributed by atoms with Crippen LogP contribution in [-0.4, -0.2) is 0 Å². The molecule has 0 heteroatoms. The molecular weight excluding hydrogens is 264 g/mol. The lowest BCUT2D eigenvalue weighted by molar-refractivity contribution is 0.259. The van der Waals surface area contributed by atoms with E-state index in [-0.39, 0.29) is 0 Å². The van der Waals surface area contributed by atoms with Crippen LogP contribution in [0.3, 0.4) is 0 Å². The van der Waals surface area contributed by atoms with Crippen LogP contribution in [0.25, 0.3) is 0 Å². The van der Waals surface area contributed by atoms with E-state index in [1.165, 1.54) is 25.7 Å². The molecule has 0 bridgehead atoms. The number of fused-ring (bicyclic) bond motifs is 2. The zero-order valence-electron chi connectivity index (χ0n) is 14.1. The molecule has 22 heavy (non-hydrogen) atoms. The quantitative estimate of drug-likeness (QED) is 0.617. The van der Waals surface area contributed by atoms with Crippen LogP contribution in [0.2, 0.25) is 0 Å². The van der Waals surface area contributed by atoms with Crippen molar-refractivity contribution in [3.8, 4) is 0 Å². The first-order valence-electron chi connectivity index (χ1n) is 9.44. The normalized spacial score (nSPS) is 48.6. The van der Waals surface area contributed by atoms with E-state index in [2.05, 4.69) is 62.5 Å². The molecule has 3 unspecified atom stereocenters. The van der Waals surface area contributed by atoms with Crippen molar-refractivity contribution >= 4 is 0 Å². The highest BCUT2D eigenvalue weighted by Gasteiger charge is 2.42. The van der Waals surface area contributed by atoms with Gasteiger partial charge in [0.2, 0.25) is 0 Å². The van der Waals surface area contributed by atoms with Gasteiger partial charge in [0.15, 0.2) is 0 Å². The second kappa shape index (κ2) is 5.87. The van der Waals surface area contributed by atoms with Gasteiger partial charge in [-0.15, -0.1) is 0 Å². The number of hydrogen-bond donors (Lipinski definition) is 0. The highest BCUT2D eigenvalue weighted by Crippen LogP contribution is 2.50. The van der Waals surface area contributed by atoms with Gasteiger partial charge in [0.25, 0.3) is 0 Å². The van der Waals surface area contributed by atoms with Gasteiger partial charge in [0.1, 0.15) is 0 Å². The zero-order chi connectivity index (χ0) is 15.1. The summed E-state index contributed by atoms with van der Waals surface area (Å²) in [7, 11) is 0. The highest BCUT2D eigenvalue weighted by atomic mass is 14.5. The fraction of sp³-hybridized carbons (Fsp3) is 0.636. The van der Waals surface area contributed by atoms with E-state index in [4.69, 9.17) is 0 Å². The molecule has 2 fully saturated rings. The number of rotatable bonds is 3. The molecule has 0 aliphatic heterocycles. The Morgan fingerprint density at radius 1 is 0.636 bits per heavy atom. The van der Waals surface area contributed by atoms with Crippen LogP contribution in [0.15, 0.2) is 48.6 Å². The van der Waals surface area contributed by atoms with E-state index in [0.717, 1.165) is 47.3 Å². The van der Waals surface area contributed by atoms with Crippen LogP contribution in [-0.2, 0) is 0 Å². The molecule has 0 saturated heterocycles. The third kappa shape index (κ3) is 2.45. The van der Waals surface area contributed by atoms with Gasteiger partial charge in [-0.05, 0) is 73.0 Å². The average Bonchev–Trinajstić information content (AvgIpc) is 3.01. The molecule has 0 heterocycles. The first-order chi connectivity index (χ1) is 10.7. The Morgan fingerprint density at radius 3 is 1.50 bits per heavy atom. The van der Waals surface area contributed by atoms with Crippen LogP contribution < -0.4 is 0 Å². The van der Waals surface area contributed by atoms with Crippen molar-refractivity contribution in [3.63, 3.8) is 0 Å². The summed E-state index contributed by atoms with van der Waals surface area (Å²) in [4.78, 5) is 0. The van der Waals surface area contributed by atoms with Crippen molar-refractivity contribution in [2.45, 2.75) is 39.5 Å². The molecule has 8 atom stereocenters. The second-order valence-corrected chi connectivity index (χ2v) is 8.35. The van der Waals surface area contributed by atoms with Gasteiger partial charge in [0, 0.05) is 0 Å². The van der Waals surface area contributed by atoms with Crippen LogP contribution >= 0.6 is 0 Å². The lowest BCUT2D eigenvalue weighted by Crippen LogP contribution is -2.20. The predicted molar refractivity (Wildman–Crippen MR) is 94.3 cm³/mol. The van der Waals surface area contributed by atoms with Crippen molar-refractivity contribution in [2.75, 3.05) is 0 Å². The van der Waals surface area contributed by atoms with Crippen LogP contribution in [0.5, 0.6) is 0 Å². The summed E-state index contributed by atoms with van der Waals surface area (Å²) in [6.07, 6.45) is 24.7. The maximum absolute atomic E-state index is 2.50. The highest BCUT2D eigenvalue weighted by molar-refractivity contribution is 5.19. The molecule has 0 spiro atoms. The van der Waals surface area contributed by atoms with E-state index in [1.54, 1.807) is 0 Å². The SMILES string of the molecule is C[C@@H]1CC2C=CC=C[C@@H]2[C@H]1CC[C@H]1C2C=CC=CC2C[C@H]1C. The van der Waals surface area contributed by atoms with E-state index >= 15 is 0 Å². The minimum absolute atomic E-state index is 0.828. The van der Waals surface area contributed by atoms with E-state index in [1.807, 2.05) is 0 Å². The molecule has 118 valence electrons. The van der Waals surface area contributed by atoms with Gasteiger partial charge in [-0.1, -0.05) is 62.5 Å². The monoisotopic (exact) mass is 294 g/mol. The largest absolute Gasteiger partial charge is 0.0808 e. The standard InChI is InChI=1S/C22H30/c1-15-13-17-7-3-5-9-21(17)19(15)11-12-20-16(2)14-18-8-4-6-10-22(18)20/h3-10,15-22H,11-14H2,1-2H3/t15-,16-,17?,18?,19-,20+,21?,22+/m1/s1. The Balaban J connectivity index is 1.42. The fourth-order valence-electron chi connectivity index (χ4n) is 6.04. The van der Waals surface area contributed by atoms with Crippen LogP contribution in [0, 0.1) is 47.3 Å². The first-order valence-corrected chi connectivity index (χ1v) is 9.44. The molecule has 4 rings (SSSR count). The Hall–Kier alpha value is -1.04. The molecule has 0 radical (unpaired) electrons. The maximum atomic E-state index is 2.50. The van der Waals surface area contributed by atoms with Crippen LogP contribution in [0.4, 0.5) is 0 Å². The van der Waals surface area contributed by atoms with Gasteiger partial charge >= 0.3 is 0 Å². The zero-order valence-corrected chi connectivity index (χ0v) is 14.1. The summed E-state index contributed by atoms with van der Waals surface area (Å²) in [6, 6.07) is 0. The molecule has 0 N–H and O–H groups in total. The summed E-state index contributed by atoms with van der Waals surface area (Å²) in [5, 5.41) is 0. The van der Waals surface area contributed by atoms with Gasteiger partial charge < -0.3 is 0 Å². The third-order valence-corrected chi connectivity index (χ3v) is 7.17. The summed E-state index contributed by atoms with van der Waals surface area (Å²) in [5.74, 6) is 6.95. The lowest BCUT2D eigenvalue weighted by atomic mass is 9.77. The Bertz CT molecular complexity index is 472. The van der Waals surface area contributed by atoms with Gasteiger partial charge in [-0.25, -0.2) is 0 Å². The molecule has 0 aromatic heterocycles. The average molecular weight is 294 g/mol. The van der Waals surface area contributed by atoms with Crippen molar-refractivity contribution in [1.82, 2.24) is 0 Å². The summed E-state index contributed by atoms with van der Waals surface area (Å²) in [5.41, 5.74) is 0. The number of hydrogen-bond acceptors (Lipinski definition) is 0. The molecule has 4 aliphatic rings. The van der Waals surface area contributed by atoms with Crippen molar-refractivity contribution in [2.24, 2.45) is 47.3 Å². The van der Waals surface area contributed by atoms with E-state index < -0.39 is 0 Å². The fourth-order valence-corrected chi connectivity index (χ4v) is 6.04. The predicted octanol–water partition coefficient (Wildman–Crippen LogP) is 5.80. The Morgan fingerprint density at radius 2 is 1.05 bits per heavy atom. The minimum Gasteiger partial charge on any atom is -0.0808 e. The molecule has 0 aromatic carbocycles. The van der Waals surface area contributed by atoms with Crippen molar-refractivity contribution in [1.29, 1.82) is 0 Å². The van der Waals surface area contributed by atoms with E-state index in [0.29, 0.717) is 0 Å². The maximum Gasteiger partial charge on any atom is -0.0136 e. The Labute approximate surface area is 136 Å². The first kappa shape index (κ1) is 14.5. The summed E-state index contributed by atoms with van der Waals surface area (Å²) < 4.78 is 0. The van der Waals surface area contributed by atoms with E-state index in [9.17, 15) is 0 Å². The summed E-state index contributed by atoms with van der Waals surface area (Å²) in [6.45, 7) is 4.99. The smallest absolute Gasteiger partial charge is 0.0136 e. The topological polar surface area (TPSA) is 0 Å². The molecular formula is C22H30. The molecule has 2 saturated carbocycles. The minimum atomic E-state index is 0.828. The Kier molecular flexibility index (Phi) is 3.88.